The van der Waals surface area contributed by atoms with Crippen molar-refractivity contribution in [1.29, 1.82) is 0 Å². The van der Waals surface area contributed by atoms with Gasteiger partial charge in [-0.3, -0.25) is 4.79 Å². The van der Waals surface area contributed by atoms with E-state index in [1.54, 1.807) is 23.9 Å². The van der Waals surface area contributed by atoms with Crippen molar-refractivity contribution in [1.82, 2.24) is 4.98 Å². The van der Waals surface area contributed by atoms with Gasteiger partial charge in [0.05, 0.1) is 5.03 Å². The second-order valence-corrected chi connectivity index (χ2v) is 6.07. The highest BCUT2D eigenvalue weighted by atomic mass is 79.9. The molecule has 1 heterocycles. The Balaban J connectivity index is 2.40. The van der Waals surface area contributed by atoms with E-state index in [0.717, 1.165) is 10.8 Å². The predicted octanol–water partition coefficient (Wildman–Crippen LogP) is 4.01. The second-order valence-electron chi connectivity index (χ2n) is 4.14. The zero-order valence-electron chi connectivity index (χ0n) is 10.6. The Hall–Kier alpha value is -0.550. The number of pyridine rings is 1. The molecule has 18 heavy (non-hydrogen) atoms. The van der Waals surface area contributed by atoms with Crippen LogP contribution < -0.4 is 5.73 Å². The standard InChI is InChI=1S/C13H19BrN2OS/c1-2-3-4-5-6-7-18-12-9-10(13(15)17)8-11(14)16-12/h8-9H,2-7H2,1H3,(H2,15,17). The molecule has 0 fully saturated rings. The van der Waals surface area contributed by atoms with E-state index in [4.69, 9.17) is 5.73 Å². The van der Waals surface area contributed by atoms with E-state index in [1.165, 1.54) is 32.1 Å². The molecule has 0 unspecified atom stereocenters. The highest BCUT2D eigenvalue weighted by molar-refractivity contribution is 9.10. The first kappa shape index (κ1) is 15.5. The molecule has 0 saturated carbocycles. The van der Waals surface area contributed by atoms with Crippen molar-refractivity contribution in [3.8, 4) is 0 Å². The summed E-state index contributed by atoms with van der Waals surface area (Å²) < 4.78 is 0.660. The Morgan fingerprint density at radius 3 is 2.72 bits per heavy atom. The van der Waals surface area contributed by atoms with Crippen LogP contribution in [0.1, 0.15) is 49.4 Å². The SMILES string of the molecule is CCCCCCCSc1cc(C(N)=O)cc(Br)n1. The molecular formula is C13H19BrN2OS. The largest absolute Gasteiger partial charge is 0.366 e. The Labute approximate surface area is 121 Å². The maximum atomic E-state index is 11.1. The summed E-state index contributed by atoms with van der Waals surface area (Å²) in [6.45, 7) is 2.21. The number of carbonyl (C=O) groups is 1. The molecule has 0 bridgehead atoms. The summed E-state index contributed by atoms with van der Waals surface area (Å²) in [6.07, 6.45) is 6.33. The van der Waals surface area contributed by atoms with Crippen molar-refractivity contribution in [2.24, 2.45) is 5.73 Å². The molecule has 100 valence electrons. The van der Waals surface area contributed by atoms with E-state index in [2.05, 4.69) is 27.8 Å². The third kappa shape index (κ3) is 5.87. The number of thioether (sulfide) groups is 1. The smallest absolute Gasteiger partial charge is 0.248 e. The first-order chi connectivity index (χ1) is 8.63. The number of unbranched alkanes of at least 4 members (excludes halogenated alkanes) is 4. The van der Waals surface area contributed by atoms with Crippen LogP contribution in [0.25, 0.3) is 0 Å². The molecule has 2 N–H and O–H groups in total. The summed E-state index contributed by atoms with van der Waals surface area (Å²) in [5.74, 6) is 0.619. The first-order valence-electron chi connectivity index (χ1n) is 6.23. The van der Waals surface area contributed by atoms with Crippen molar-refractivity contribution < 1.29 is 4.79 Å². The predicted molar refractivity (Wildman–Crippen MR) is 79.9 cm³/mol. The van der Waals surface area contributed by atoms with Gasteiger partial charge in [-0.25, -0.2) is 4.98 Å². The lowest BCUT2D eigenvalue weighted by Crippen LogP contribution is -2.11. The summed E-state index contributed by atoms with van der Waals surface area (Å²) in [6, 6.07) is 3.40. The molecule has 0 atom stereocenters. The quantitative estimate of drug-likeness (QED) is 0.445. The molecule has 1 rings (SSSR count). The number of amides is 1. The van der Waals surface area contributed by atoms with Crippen LogP contribution in [0.2, 0.25) is 0 Å². The third-order valence-electron chi connectivity index (χ3n) is 2.55. The monoisotopic (exact) mass is 330 g/mol. The Bertz CT molecular complexity index is 399. The molecule has 1 aromatic rings. The highest BCUT2D eigenvalue weighted by Gasteiger charge is 2.06. The molecule has 1 aromatic heterocycles. The van der Waals surface area contributed by atoms with E-state index in [9.17, 15) is 4.79 Å². The number of halogens is 1. The number of primary amides is 1. The zero-order chi connectivity index (χ0) is 13.4. The molecule has 0 aromatic carbocycles. The molecule has 3 nitrogen and oxygen atoms in total. The average molecular weight is 331 g/mol. The summed E-state index contributed by atoms with van der Waals surface area (Å²) in [7, 11) is 0. The number of nitrogens with zero attached hydrogens (tertiary/aromatic N) is 1. The van der Waals surface area contributed by atoms with Crippen LogP contribution in [0, 0.1) is 0 Å². The van der Waals surface area contributed by atoms with Crippen LogP contribution in [0.15, 0.2) is 21.8 Å². The van der Waals surface area contributed by atoms with Crippen LogP contribution in [0.5, 0.6) is 0 Å². The molecule has 0 spiro atoms. The van der Waals surface area contributed by atoms with Gasteiger partial charge in [-0.2, -0.15) is 0 Å². The van der Waals surface area contributed by atoms with Crippen LogP contribution in [0.3, 0.4) is 0 Å². The molecule has 1 amide bonds. The van der Waals surface area contributed by atoms with Crippen molar-refractivity contribution >= 4 is 33.6 Å². The molecule has 0 saturated heterocycles. The van der Waals surface area contributed by atoms with Gasteiger partial charge < -0.3 is 5.73 Å². The van der Waals surface area contributed by atoms with Crippen LogP contribution >= 0.6 is 27.7 Å². The van der Waals surface area contributed by atoms with Gasteiger partial charge in [0.2, 0.25) is 5.91 Å². The Kier molecular flexibility index (Phi) is 7.35. The minimum absolute atomic E-state index is 0.414. The van der Waals surface area contributed by atoms with Gasteiger partial charge in [-0.05, 0) is 40.2 Å². The molecule has 0 aliphatic carbocycles. The lowest BCUT2D eigenvalue weighted by Gasteiger charge is -2.04. The van der Waals surface area contributed by atoms with E-state index in [0.29, 0.717) is 10.2 Å². The first-order valence-corrected chi connectivity index (χ1v) is 8.01. The molecular weight excluding hydrogens is 312 g/mol. The van der Waals surface area contributed by atoms with E-state index < -0.39 is 5.91 Å². The third-order valence-corrected chi connectivity index (χ3v) is 3.96. The summed E-state index contributed by atoms with van der Waals surface area (Å²) >= 11 is 4.97. The fourth-order valence-electron chi connectivity index (χ4n) is 1.57. The van der Waals surface area contributed by atoms with Gasteiger partial charge in [0, 0.05) is 5.56 Å². The van der Waals surface area contributed by atoms with Gasteiger partial charge in [-0.15, -0.1) is 11.8 Å². The lowest BCUT2D eigenvalue weighted by atomic mass is 10.2. The number of carbonyl (C=O) groups excluding carboxylic acids is 1. The van der Waals surface area contributed by atoms with Gasteiger partial charge in [0.25, 0.3) is 0 Å². The van der Waals surface area contributed by atoms with E-state index in [-0.39, 0.29) is 0 Å². The minimum atomic E-state index is -0.414. The summed E-state index contributed by atoms with van der Waals surface area (Å²) in [5, 5.41) is 0.855. The maximum absolute atomic E-state index is 11.1. The van der Waals surface area contributed by atoms with Crippen molar-refractivity contribution in [3.05, 3.63) is 22.3 Å². The number of hydrogen-bond acceptors (Lipinski definition) is 3. The molecule has 0 radical (unpaired) electrons. The molecule has 0 aliphatic rings. The summed E-state index contributed by atoms with van der Waals surface area (Å²) in [5.41, 5.74) is 5.77. The van der Waals surface area contributed by atoms with E-state index in [1.807, 2.05) is 0 Å². The maximum Gasteiger partial charge on any atom is 0.248 e. The number of rotatable bonds is 8. The van der Waals surface area contributed by atoms with Crippen LogP contribution in [-0.2, 0) is 0 Å². The van der Waals surface area contributed by atoms with Gasteiger partial charge >= 0.3 is 0 Å². The van der Waals surface area contributed by atoms with Gasteiger partial charge in [0.15, 0.2) is 0 Å². The van der Waals surface area contributed by atoms with Gasteiger partial charge in [-0.1, -0.05) is 32.6 Å². The number of nitrogens with two attached hydrogens (primary N) is 1. The normalized spacial score (nSPS) is 10.6. The Morgan fingerprint density at radius 1 is 1.33 bits per heavy atom. The highest BCUT2D eigenvalue weighted by Crippen LogP contribution is 2.22. The van der Waals surface area contributed by atoms with Crippen LogP contribution in [0.4, 0.5) is 0 Å². The zero-order valence-corrected chi connectivity index (χ0v) is 13.0. The summed E-state index contributed by atoms with van der Waals surface area (Å²) in [4.78, 5) is 15.4. The fourth-order valence-corrected chi connectivity index (χ4v) is 3.06. The number of hydrogen-bond donors (Lipinski definition) is 1. The lowest BCUT2D eigenvalue weighted by molar-refractivity contribution is 0.1000. The fraction of sp³-hybridized carbons (Fsp3) is 0.538. The van der Waals surface area contributed by atoms with Crippen molar-refractivity contribution in [2.75, 3.05) is 5.75 Å². The van der Waals surface area contributed by atoms with E-state index >= 15 is 0 Å². The van der Waals surface area contributed by atoms with Gasteiger partial charge in [0.1, 0.15) is 4.60 Å². The molecule has 5 heteroatoms. The topological polar surface area (TPSA) is 56.0 Å². The van der Waals surface area contributed by atoms with Crippen molar-refractivity contribution in [3.63, 3.8) is 0 Å². The molecule has 0 aliphatic heterocycles. The Morgan fingerprint density at radius 2 is 2.06 bits per heavy atom. The van der Waals surface area contributed by atoms with Crippen LogP contribution in [-0.4, -0.2) is 16.6 Å². The second kappa shape index (κ2) is 8.53. The van der Waals surface area contributed by atoms with Crippen molar-refractivity contribution in [2.45, 2.75) is 44.1 Å². The minimum Gasteiger partial charge on any atom is -0.366 e. The average Bonchev–Trinajstić information content (AvgIpc) is 2.33. The number of aromatic nitrogens is 1.